The van der Waals surface area contributed by atoms with Gasteiger partial charge >= 0.3 is 0 Å². The maximum atomic E-state index is 12.4. The van der Waals surface area contributed by atoms with Gasteiger partial charge in [0.05, 0.1) is 16.4 Å². The molecule has 2 aromatic carbocycles. The van der Waals surface area contributed by atoms with E-state index in [2.05, 4.69) is 57.6 Å². The van der Waals surface area contributed by atoms with Crippen molar-refractivity contribution in [2.75, 3.05) is 5.75 Å². The highest BCUT2D eigenvalue weighted by molar-refractivity contribution is 9.11. The number of amides is 1. The van der Waals surface area contributed by atoms with Gasteiger partial charge in [0.25, 0.3) is 5.91 Å². The molecule has 0 radical (unpaired) electrons. The van der Waals surface area contributed by atoms with Gasteiger partial charge in [-0.05, 0) is 59.3 Å². The number of benzene rings is 2. The van der Waals surface area contributed by atoms with Crippen LogP contribution in [0.1, 0.15) is 11.1 Å². The minimum Gasteiger partial charge on any atom is -0.506 e. The van der Waals surface area contributed by atoms with Crippen LogP contribution in [-0.2, 0) is 4.79 Å². The number of aryl methyl sites for hydroxylation is 1. The number of nitrogens with zero attached hydrogens (tertiary/aromatic N) is 5. The predicted molar refractivity (Wildman–Crippen MR) is 139 cm³/mol. The molecule has 0 aliphatic heterocycles. The fourth-order valence-electron chi connectivity index (χ4n) is 3.00. The molecule has 0 saturated carbocycles. The fourth-order valence-corrected chi connectivity index (χ4v) is 5.00. The van der Waals surface area contributed by atoms with Crippen LogP contribution in [0, 0.1) is 6.92 Å². The summed E-state index contributed by atoms with van der Waals surface area (Å²) in [6.45, 7) is 2.02. The van der Waals surface area contributed by atoms with Gasteiger partial charge in [-0.2, -0.15) is 5.10 Å². The van der Waals surface area contributed by atoms with Gasteiger partial charge in [-0.25, -0.2) is 5.43 Å². The van der Waals surface area contributed by atoms with Crippen molar-refractivity contribution >= 4 is 55.7 Å². The molecule has 0 saturated heterocycles. The van der Waals surface area contributed by atoms with Gasteiger partial charge in [0.2, 0.25) is 0 Å². The summed E-state index contributed by atoms with van der Waals surface area (Å²) in [6, 6.07) is 15.1. The monoisotopic (exact) mass is 600 g/mol. The number of pyridine rings is 1. The van der Waals surface area contributed by atoms with Crippen molar-refractivity contribution in [1.29, 1.82) is 0 Å². The van der Waals surface area contributed by atoms with Crippen LogP contribution in [0.2, 0.25) is 0 Å². The molecule has 2 N–H and O–H groups in total. The molecule has 0 aliphatic carbocycles. The van der Waals surface area contributed by atoms with Gasteiger partial charge < -0.3 is 5.11 Å². The normalized spacial score (nSPS) is 11.1. The average Bonchev–Trinajstić information content (AvgIpc) is 3.26. The maximum Gasteiger partial charge on any atom is 0.250 e. The Bertz CT molecular complexity index is 1340. The lowest BCUT2D eigenvalue weighted by molar-refractivity contribution is -0.118. The molecular weight excluding hydrogens is 584 g/mol. The molecule has 1 amide bonds. The van der Waals surface area contributed by atoms with Crippen LogP contribution in [-0.4, -0.2) is 42.7 Å². The number of aromatic hydroxyl groups is 1. The third kappa shape index (κ3) is 5.72. The summed E-state index contributed by atoms with van der Waals surface area (Å²) in [6.07, 6.45) is 4.77. The van der Waals surface area contributed by atoms with Gasteiger partial charge in [-0.3, -0.25) is 14.3 Å². The van der Waals surface area contributed by atoms with Crippen LogP contribution in [0.25, 0.3) is 17.1 Å². The Morgan fingerprint density at radius 2 is 1.88 bits per heavy atom. The first-order chi connectivity index (χ1) is 16.4. The summed E-state index contributed by atoms with van der Waals surface area (Å²) in [5.74, 6) is 0.443. The van der Waals surface area contributed by atoms with E-state index < -0.39 is 0 Å². The van der Waals surface area contributed by atoms with Gasteiger partial charge in [0.15, 0.2) is 11.0 Å². The van der Waals surface area contributed by atoms with E-state index in [4.69, 9.17) is 0 Å². The minimum absolute atomic E-state index is 0.0328. The first kappa shape index (κ1) is 24.1. The number of rotatable bonds is 7. The highest BCUT2D eigenvalue weighted by Gasteiger charge is 2.17. The molecule has 34 heavy (non-hydrogen) atoms. The number of carbonyl (C=O) groups is 1. The molecule has 8 nitrogen and oxygen atoms in total. The Labute approximate surface area is 216 Å². The molecule has 11 heteroatoms. The molecule has 2 heterocycles. The molecule has 4 rings (SSSR count). The number of hydrazone groups is 1. The SMILES string of the molecule is Cc1ccc(-n2c(SCC(=O)NN=Cc3cc(Br)cc(Br)c3O)nnc2-c2ccncc2)cc1. The van der Waals surface area contributed by atoms with Gasteiger partial charge in [0, 0.05) is 33.7 Å². The lowest BCUT2D eigenvalue weighted by Gasteiger charge is -2.10. The summed E-state index contributed by atoms with van der Waals surface area (Å²) < 4.78 is 3.19. The van der Waals surface area contributed by atoms with Crippen LogP contribution < -0.4 is 5.43 Å². The minimum atomic E-state index is -0.321. The molecule has 0 bridgehead atoms. The summed E-state index contributed by atoms with van der Waals surface area (Å²) >= 11 is 7.87. The second-order valence-corrected chi connectivity index (χ2v) is 9.83. The van der Waals surface area contributed by atoms with Gasteiger partial charge in [-0.1, -0.05) is 45.4 Å². The lowest BCUT2D eigenvalue weighted by Crippen LogP contribution is -2.20. The zero-order chi connectivity index (χ0) is 24.1. The number of hydrogen-bond acceptors (Lipinski definition) is 7. The second kappa shape index (κ2) is 10.9. The van der Waals surface area contributed by atoms with Crippen molar-refractivity contribution in [3.05, 3.63) is 81.0 Å². The van der Waals surface area contributed by atoms with E-state index in [9.17, 15) is 9.90 Å². The molecule has 2 aromatic heterocycles. The highest BCUT2D eigenvalue weighted by atomic mass is 79.9. The van der Waals surface area contributed by atoms with Crippen LogP contribution in [0.15, 0.2) is 80.1 Å². The van der Waals surface area contributed by atoms with Crippen molar-refractivity contribution < 1.29 is 9.90 Å². The smallest absolute Gasteiger partial charge is 0.250 e. The summed E-state index contributed by atoms with van der Waals surface area (Å²) in [4.78, 5) is 16.5. The molecule has 0 spiro atoms. The molecule has 0 atom stereocenters. The third-order valence-electron chi connectivity index (χ3n) is 4.65. The quantitative estimate of drug-likeness (QED) is 0.173. The highest BCUT2D eigenvalue weighted by Crippen LogP contribution is 2.31. The summed E-state index contributed by atoms with van der Waals surface area (Å²) in [7, 11) is 0. The maximum absolute atomic E-state index is 12.4. The van der Waals surface area contributed by atoms with Crippen LogP contribution >= 0.6 is 43.6 Å². The molecular formula is C23H18Br2N6O2S. The van der Waals surface area contributed by atoms with E-state index in [0.29, 0.717) is 21.0 Å². The first-order valence-electron chi connectivity index (χ1n) is 9.98. The molecule has 0 fully saturated rings. The summed E-state index contributed by atoms with van der Waals surface area (Å²) in [5.41, 5.74) is 5.82. The Morgan fingerprint density at radius 3 is 2.62 bits per heavy atom. The van der Waals surface area contributed by atoms with Crippen molar-refractivity contribution in [3.63, 3.8) is 0 Å². The predicted octanol–water partition coefficient (Wildman–Crippen LogP) is 5.11. The Morgan fingerprint density at radius 1 is 1.15 bits per heavy atom. The van der Waals surface area contributed by atoms with Crippen LogP contribution in [0.4, 0.5) is 0 Å². The Hall–Kier alpha value is -3.02. The van der Waals surface area contributed by atoms with E-state index in [-0.39, 0.29) is 17.4 Å². The van der Waals surface area contributed by atoms with E-state index in [0.717, 1.165) is 21.3 Å². The number of phenolic OH excluding ortho intramolecular Hbond substituents is 1. The van der Waals surface area contributed by atoms with Crippen molar-refractivity contribution in [2.45, 2.75) is 12.1 Å². The third-order valence-corrected chi connectivity index (χ3v) is 6.64. The van der Waals surface area contributed by atoms with Crippen LogP contribution in [0.5, 0.6) is 5.75 Å². The Kier molecular flexibility index (Phi) is 7.76. The number of halogens is 2. The molecule has 4 aromatic rings. The Balaban J connectivity index is 1.50. The zero-order valence-electron chi connectivity index (χ0n) is 17.8. The van der Waals surface area contributed by atoms with Crippen molar-refractivity contribution in [1.82, 2.24) is 25.2 Å². The molecule has 0 aliphatic rings. The van der Waals surface area contributed by atoms with Gasteiger partial charge in [0.1, 0.15) is 5.75 Å². The molecule has 0 unspecified atom stereocenters. The number of aromatic nitrogens is 4. The number of carbonyl (C=O) groups excluding carboxylic acids is 1. The topological polar surface area (TPSA) is 105 Å². The van der Waals surface area contributed by atoms with Crippen molar-refractivity contribution in [2.24, 2.45) is 5.10 Å². The lowest BCUT2D eigenvalue weighted by atomic mass is 10.2. The number of thioether (sulfide) groups is 1. The van der Waals surface area contributed by atoms with Crippen LogP contribution in [0.3, 0.4) is 0 Å². The number of hydrogen-bond donors (Lipinski definition) is 2. The standard InChI is InChI=1S/C23H18Br2N6O2S/c1-14-2-4-18(5-3-14)31-22(15-6-8-26-9-7-15)29-30-23(31)34-13-20(32)28-27-12-16-10-17(24)11-19(25)21(16)33/h2-12,33H,13H2,1H3,(H,28,32). The zero-order valence-corrected chi connectivity index (χ0v) is 21.8. The first-order valence-corrected chi connectivity index (χ1v) is 12.5. The average molecular weight is 602 g/mol. The number of nitrogens with one attached hydrogen (secondary N) is 1. The van der Waals surface area contributed by atoms with E-state index in [1.54, 1.807) is 24.5 Å². The number of phenols is 1. The van der Waals surface area contributed by atoms with Gasteiger partial charge in [-0.15, -0.1) is 10.2 Å². The van der Waals surface area contributed by atoms with E-state index in [1.807, 2.05) is 47.9 Å². The van der Waals surface area contributed by atoms with Crippen molar-refractivity contribution in [3.8, 4) is 22.8 Å². The van der Waals surface area contributed by atoms with E-state index >= 15 is 0 Å². The second-order valence-electron chi connectivity index (χ2n) is 7.12. The molecule has 172 valence electrons. The fraction of sp³-hybridized carbons (Fsp3) is 0.0870. The van der Waals surface area contributed by atoms with E-state index in [1.165, 1.54) is 18.0 Å². The largest absolute Gasteiger partial charge is 0.506 e. The summed E-state index contributed by atoms with van der Waals surface area (Å²) in [5, 5.41) is 23.3.